The van der Waals surface area contributed by atoms with Gasteiger partial charge < -0.3 is 10.4 Å². The molecule has 3 aromatic rings. The van der Waals surface area contributed by atoms with Crippen molar-refractivity contribution in [3.8, 4) is 5.75 Å². The van der Waals surface area contributed by atoms with E-state index in [2.05, 4.69) is 30.6 Å². The number of sulfone groups is 1. The molecule has 0 aliphatic carbocycles. The third-order valence-corrected chi connectivity index (χ3v) is 8.10. The number of rotatable bonds is 8. The second-order valence-electron chi connectivity index (χ2n) is 8.67. The summed E-state index contributed by atoms with van der Waals surface area (Å²) in [5.74, 6) is 0.381. The van der Waals surface area contributed by atoms with E-state index in [0.717, 1.165) is 28.1 Å². The summed E-state index contributed by atoms with van der Waals surface area (Å²) in [7, 11) is -3.49. The molecule has 2 heterocycles. The van der Waals surface area contributed by atoms with Crippen LogP contribution in [0.25, 0.3) is 0 Å². The fraction of sp³-hybridized carbons (Fsp3) is 0.280. The normalized spacial score (nSPS) is 15.9. The molecule has 0 spiro atoms. The van der Waals surface area contributed by atoms with Crippen LogP contribution in [0.5, 0.6) is 5.75 Å². The predicted octanol–water partition coefficient (Wildman–Crippen LogP) is 4.66. The van der Waals surface area contributed by atoms with E-state index in [-0.39, 0.29) is 29.0 Å². The molecule has 4 rings (SSSR count). The molecule has 34 heavy (non-hydrogen) atoms. The second kappa shape index (κ2) is 9.69. The summed E-state index contributed by atoms with van der Waals surface area (Å²) in [4.78, 5) is 21.0. The van der Waals surface area contributed by atoms with Gasteiger partial charge in [-0.1, -0.05) is 44.7 Å². The molecule has 7 nitrogen and oxygen atoms in total. The summed E-state index contributed by atoms with van der Waals surface area (Å²) < 4.78 is 23.7. The van der Waals surface area contributed by atoms with Gasteiger partial charge in [0.25, 0.3) is 0 Å². The molecule has 2 aromatic carbocycles. The van der Waals surface area contributed by atoms with Crippen molar-refractivity contribution >= 4 is 32.2 Å². The summed E-state index contributed by atoms with van der Waals surface area (Å²) in [6, 6.07) is 13.6. The Kier molecular flexibility index (Phi) is 6.88. The first-order valence-electron chi connectivity index (χ1n) is 10.9. The highest BCUT2D eigenvalue weighted by molar-refractivity contribution is 7.94. The Labute approximate surface area is 203 Å². The average molecular weight is 498 g/mol. The van der Waals surface area contributed by atoms with Gasteiger partial charge in [0.1, 0.15) is 5.75 Å². The maximum Gasteiger partial charge on any atom is 0.230 e. The molecule has 0 unspecified atom stereocenters. The van der Waals surface area contributed by atoms with Crippen LogP contribution >= 0.6 is 11.3 Å². The Morgan fingerprint density at radius 1 is 1.26 bits per heavy atom. The van der Waals surface area contributed by atoms with E-state index in [1.807, 2.05) is 12.1 Å². The number of hydrogen-bond acceptors (Lipinski definition) is 7. The lowest BCUT2D eigenvalue weighted by atomic mass is 10.0. The number of aromatic hydroxyl groups is 1. The summed E-state index contributed by atoms with van der Waals surface area (Å²) in [6.45, 7) is 9.08. The molecule has 1 amide bonds. The Bertz CT molecular complexity index is 1310. The smallest absolute Gasteiger partial charge is 0.230 e. The number of aromatic nitrogens is 1. The van der Waals surface area contributed by atoms with Crippen molar-refractivity contribution in [3.05, 3.63) is 82.2 Å². The van der Waals surface area contributed by atoms with Crippen molar-refractivity contribution in [2.24, 2.45) is 5.92 Å². The number of nitrogens with one attached hydrogen (secondary N) is 1. The van der Waals surface area contributed by atoms with Crippen LogP contribution in [0.2, 0.25) is 0 Å². The van der Waals surface area contributed by atoms with Gasteiger partial charge in [-0.3, -0.25) is 9.69 Å². The van der Waals surface area contributed by atoms with Crippen molar-refractivity contribution in [3.63, 3.8) is 0 Å². The van der Waals surface area contributed by atoms with Crippen molar-refractivity contribution in [2.75, 3.05) is 5.32 Å². The number of hydrogen-bond donors (Lipinski definition) is 2. The fourth-order valence-corrected chi connectivity index (χ4v) is 5.99. The molecule has 1 aliphatic heterocycles. The minimum Gasteiger partial charge on any atom is -0.508 e. The van der Waals surface area contributed by atoms with Crippen LogP contribution in [0.15, 0.2) is 65.4 Å². The van der Waals surface area contributed by atoms with Crippen molar-refractivity contribution in [2.45, 2.75) is 44.3 Å². The lowest BCUT2D eigenvalue weighted by Gasteiger charge is -2.27. The fourth-order valence-electron chi connectivity index (χ4n) is 4.24. The lowest BCUT2D eigenvalue weighted by molar-refractivity contribution is -0.115. The number of anilines is 1. The van der Waals surface area contributed by atoms with Crippen LogP contribution in [0, 0.1) is 5.92 Å². The number of thiazole rings is 1. The number of nitrogens with zero attached hydrogens (tertiary/aromatic N) is 2. The molecule has 9 heteroatoms. The van der Waals surface area contributed by atoms with Crippen LogP contribution < -0.4 is 5.32 Å². The van der Waals surface area contributed by atoms with Crippen LogP contribution in [-0.2, 0) is 34.1 Å². The van der Waals surface area contributed by atoms with Gasteiger partial charge in [0, 0.05) is 23.4 Å². The Morgan fingerprint density at radius 2 is 2.00 bits per heavy atom. The maximum absolute atomic E-state index is 12.6. The number of phenols is 1. The number of carbonyl (C=O) groups is 1. The quantitative estimate of drug-likeness (QED) is 0.470. The minimum atomic E-state index is -3.49. The molecule has 1 aromatic heterocycles. The van der Waals surface area contributed by atoms with E-state index in [4.69, 9.17) is 4.98 Å². The lowest BCUT2D eigenvalue weighted by Crippen LogP contribution is -2.26. The molecular weight excluding hydrogens is 470 g/mol. The molecule has 2 N–H and O–H groups in total. The zero-order chi connectivity index (χ0) is 24.5. The third-order valence-electron chi connectivity index (χ3n) is 5.76. The standard InChI is InChI=1S/C25H27N3O4S2/c1-4-34(31,32)20-10-8-17(9-11-20)13-22(30)26-25-27-23-21(33-25)15-28(24(23)16(2)3)14-18-6-5-7-19(29)12-18/h4-12,16,24,29H,1,13-15H2,2-3H3,(H,26,27,30)/t24-/m1/s1. The average Bonchev–Trinajstić information content (AvgIpc) is 3.30. The molecule has 1 aliphatic rings. The highest BCUT2D eigenvalue weighted by Gasteiger charge is 2.36. The van der Waals surface area contributed by atoms with E-state index in [1.165, 1.54) is 23.5 Å². The minimum absolute atomic E-state index is 0.121. The Morgan fingerprint density at radius 3 is 2.65 bits per heavy atom. The highest BCUT2D eigenvalue weighted by atomic mass is 32.2. The topological polar surface area (TPSA) is 99.6 Å². The Balaban J connectivity index is 1.42. The molecular formula is C25H27N3O4S2. The molecule has 0 radical (unpaired) electrons. The van der Waals surface area contributed by atoms with Crippen molar-refractivity contribution in [1.29, 1.82) is 0 Å². The second-order valence-corrected chi connectivity index (χ2v) is 11.7. The van der Waals surface area contributed by atoms with Gasteiger partial charge in [-0.15, -0.1) is 11.3 Å². The summed E-state index contributed by atoms with van der Waals surface area (Å²) in [6.07, 6.45) is 0.121. The van der Waals surface area contributed by atoms with Crippen LogP contribution in [0.1, 0.15) is 41.6 Å². The molecule has 0 bridgehead atoms. The first kappa shape index (κ1) is 24.1. The van der Waals surface area contributed by atoms with E-state index in [0.29, 0.717) is 23.2 Å². The first-order valence-corrected chi connectivity index (χ1v) is 13.3. The van der Waals surface area contributed by atoms with Gasteiger partial charge in [0.05, 0.1) is 23.1 Å². The van der Waals surface area contributed by atoms with Gasteiger partial charge in [-0.25, -0.2) is 13.4 Å². The molecule has 0 fully saturated rings. The van der Waals surface area contributed by atoms with Crippen LogP contribution in [0.4, 0.5) is 5.13 Å². The maximum atomic E-state index is 12.6. The van der Waals surface area contributed by atoms with Gasteiger partial charge in [-0.2, -0.15) is 0 Å². The third kappa shape index (κ3) is 5.22. The van der Waals surface area contributed by atoms with Gasteiger partial charge in [0.2, 0.25) is 5.91 Å². The predicted molar refractivity (Wildman–Crippen MR) is 133 cm³/mol. The van der Waals surface area contributed by atoms with Gasteiger partial charge in [-0.05, 0) is 41.3 Å². The number of amides is 1. The first-order chi connectivity index (χ1) is 16.2. The highest BCUT2D eigenvalue weighted by Crippen LogP contribution is 2.43. The van der Waals surface area contributed by atoms with Crippen molar-refractivity contribution in [1.82, 2.24) is 9.88 Å². The number of carbonyl (C=O) groups excluding carboxylic acids is 1. The zero-order valence-corrected chi connectivity index (χ0v) is 20.7. The summed E-state index contributed by atoms with van der Waals surface area (Å²) in [5, 5.41) is 14.2. The number of phenolic OH excluding ortho intramolecular Hbond substituents is 1. The van der Waals surface area contributed by atoms with Crippen LogP contribution in [0.3, 0.4) is 0 Å². The zero-order valence-electron chi connectivity index (χ0n) is 19.1. The Hall–Kier alpha value is -3.01. The van der Waals surface area contributed by atoms with E-state index in [9.17, 15) is 18.3 Å². The van der Waals surface area contributed by atoms with Gasteiger partial charge in [0.15, 0.2) is 15.0 Å². The number of benzene rings is 2. The van der Waals surface area contributed by atoms with E-state index in [1.54, 1.807) is 24.3 Å². The van der Waals surface area contributed by atoms with Crippen molar-refractivity contribution < 1.29 is 18.3 Å². The summed E-state index contributed by atoms with van der Waals surface area (Å²) in [5.41, 5.74) is 2.75. The number of fused-ring (bicyclic) bond motifs is 1. The van der Waals surface area contributed by atoms with Crippen LogP contribution in [-0.4, -0.2) is 29.3 Å². The summed E-state index contributed by atoms with van der Waals surface area (Å²) >= 11 is 1.48. The molecule has 0 saturated carbocycles. The SMILES string of the molecule is C=CS(=O)(=O)c1ccc(CC(=O)Nc2nc3c(s2)CN(Cc2cccc(O)c2)[C@@H]3C(C)C)cc1. The largest absolute Gasteiger partial charge is 0.508 e. The van der Waals surface area contributed by atoms with Gasteiger partial charge >= 0.3 is 0 Å². The molecule has 1 atom stereocenters. The monoisotopic (exact) mass is 497 g/mol. The van der Waals surface area contributed by atoms with E-state index >= 15 is 0 Å². The van der Waals surface area contributed by atoms with E-state index < -0.39 is 9.84 Å². The molecule has 0 saturated heterocycles. The molecule has 178 valence electrons.